The Hall–Kier alpha value is -2.37. The van der Waals surface area contributed by atoms with Crippen LogP contribution in [0.15, 0.2) is 24.8 Å². The highest BCUT2D eigenvalue weighted by Crippen LogP contribution is 2.25. The summed E-state index contributed by atoms with van der Waals surface area (Å²) in [6.07, 6.45) is 5.05. The molecule has 0 aliphatic carbocycles. The Labute approximate surface area is 118 Å². The lowest BCUT2D eigenvalue weighted by atomic mass is 10.1. The Morgan fingerprint density at radius 2 is 2.15 bits per heavy atom. The van der Waals surface area contributed by atoms with E-state index in [4.69, 9.17) is 10.5 Å². The van der Waals surface area contributed by atoms with Gasteiger partial charge in [-0.15, -0.1) is 0 Å². The van der Waals surface area contributed by atoms with Gasteiger partial charge in [0.1, 0.15) is 12.0 Å². The van der Waals surface area contributed by atoms with E-state index in [-0.39, 0.29) is 6.10 Å². The third-order valence-electron chi connectivity index (χ3n) is 2.78. The van der Waals surface area contributed by atoms with Crippen LogP contribution in [-0.2, 0) is 6.54 Å². The number of anilines is 2. The Morgan fingerprint density at radius 3 is 2.85 bits per heavy atom. The second-order valence-corrected chi connectivity index (χ2v) is 4.76. The van der Waals surface area contributed by atoms with Crippen molar-refractivity contribution < 1.29 is 4.74 Å². The first-order chi connectivity index (χ1) is 9.58. The first-order valence-corrected chi connectivity index (χ1v) is 6.48. The Balaban J connectivity index is 2.12. The van der Waals surface area contributed by atoms with E-state index in [9.17, 15) is 0 Å². The molecule has 0 amide bonds. The molecule has 0 aliphatic rings. The van der Waals surface area contributed by atoms with Crippen LogP contribution in [0.3, 0.4) is 0 Å². The second kappa shape index (κ2) is 6.18. The molecule has 0 spiro atoms. The summed E-state index contributed by atoms with van der Waals surface area (Å²) in [6.45, 7) is 6.49. The predicted molar refractivity (Wildman–Crippen MR) is 78.5 cm³/mol. The first-order valence-electron chi connectivity index (χ1n) is 6.48. The highest BCUT2D eigenvalue weighted by atomic mass is 16.5. The summed E-state index contributed by atoms with van der Waals surface area (Å²) in [5.41, 5.74) is 8.69. The van der Waals surface area contributed by atoms with Gasteiger partial charge in [-0.2, -0.15) is 4.98 Å². The number of nitrogens with zero attached hydrogens (tertiary/aromatic N) is 3. The van der Waals surface area contributed by atoms with Gasteiger partial charge in [0.2, 0.25) is 5.88 Å². The van der Waals surface area contributed by atoms with Crippen molar-refractivity contribution >= 4 is 11.5 Å². The van der Waals surface area contributed by atoms with Crippen molar-refractivity contribution in [2.45, 2.75) is 33.4 Å². The number of aromatic nitrogens is 3. The van der Waals surface area contributed by atoms with Crippen LogP contribution >= 0.6 is 0 Å². The molecule has 0 aromatic carbocycles. The van der Waals surface area contributed by atoms with Crippen LogP contribution in [-0.4, -0.2) is 21.1 Å². The maximum atomic E-state index is 6.01. The van der Waals surface area contributed by atoms with E-state index in [1.807, 2.05) is 33.0 Å². The fourth-order valence-electron chi connectivity index (χ4n) is 1.72. The fourth-order valence-corrected chi connectivity index (χ4v) is 1.72. The average Bonchev–Trinajstić information content (AvgIpc) is 2.41. The monoisotopic (exact) mass is 273 g/mol. The molecule has 6 nitrogen and oxygen atoms in total. The molecule has 3 N–H and O–H groups in total. The second-order valence-electron chi connectivity index (χ2n) is 4.76. The standard InChI is InChI=1S/C14H19N5O/c1-9(2)20-14-12(15)13(18-8-19-14)17-7-11-4-5-16-6-10(11)3/h4-6,8-9H,7,15H2,1-3H3,(H,17,18,19). The zero-order valence-corrected chi connectivity index (χ0v) is 11.9. The fraction of sp³-hybridized carbons (Fsp3) is 0.357. The first kappa shape index (κ1) is 14.0. The van der Waals surface area contributed by atoms with Gasteiger partial charge in [-0.3, -0.25) is 4.98 Å². The minimum Gasteiger partial charge on any atom is -0.473 e. The summed E-state index contributed by atoms with van der Waals surface area (Å²) in [5, 5.41) is 3.20. The molecule has 0 saturated carbocycles. The van der Waals surface area contributed by atoms with Gasteiger partial charge in [0.25, 0.3) is 0 Å². The molecule has 0 aliphatic heterocycles. The van der Waals surface area contributed by atoms with E-state index >= 15 is 0 Å². The summed E-state index contributed by atoms with van der Waals surface area (Å²) in [4.78, 5) is 12.3. The van der Waals surface area contributed by atoms with Crippen molar-refractivity contribution in [2.75, 3.05) is 11.1 Å². The number of nitrogen functional groups attached to an aromatic ring is 1. The summed E-state index contributed by atoms with van der Waals surface area (Å²) >= 11 is 0. The molecule has 2 aromatic rings. The van der Waals surface area contributed by atoms with Gasteiger partial charge in [-0.25, -0.2) is 4.98 Å². The summed E-state index contributed by atoms with van der Waals surface area (Å²) in [7, 11) is 0. The number of ether oxygens (including phenoxy) is 1. The molecule has 106 valence electrons. The number of rotatable bonds is 5. The van der Waals surface area contributed by atoms with Crippen LogP contribution in [0.1, 0.15) is 25.0 Å². The number of pyridine rings is 1. The highest BCUT2D eigenvalue weighted by Gasteiger charge is 2.10. The van der Waals surface area contributed by atoms with Gasteiger partial charge in [0.15, 0.2) is 5.82 Å². The number of hydrogen-bond donors (Lipinski definition) is 2. The lowest BCUT2D eigenvalue weighted by Gasteiger charge is -2.14. The van der Waals surface area contributed by atoms with Crippen molar-refractivity contribution in [1.29, 1.82) is 0 Å². The zero-order chi connectivity index (χ0) is 14.5. The van der Waals surface area contributed by atoms with Gasteiger partial charge >= 0.3 is 0 Å². The van der Waals surface area contributed by atoms with Crippen molar-refractivity contribution in [3.8, 4) is 5.88 Å². The maximum absolute atomic E-state index is 6.01. The molecule has 20 heavy (non-hydrogen) atoms. The molecule has 0 bridgehead atoms. The third kappa shape index (κ3) is 3.34. The van der Waals surface area contributed by atoms with Gasteiger partial charge in [0.05, 0.1) is 6.10 Å². The van der Waals surface area contributed by atoms with Gasteiger partial charge in [0, 0.05) is 18.9 Å². The summed E-state index contributed by atoms with van der Waals surface area (Å²) < 4.78 is 5.54. The Morgan fingerprint density at radius 1 is 1.35 bits per heavy atom. The van der Waals surface area contributed by atoms with Crippen molar-refractivity contribution in [3.63, 3.8) is 0 Å². The van der Waals surface area contributed by atoms with Crippen LogP contribution in [0.25, 0.3) is 0 Å². The molecule has 0 radical (unpaired) electrons. The quantitative estimate of drug-likeness (QED) is 0.868. The zero-order valence-electron chi connectivity index (χ0n) is 11.9. The van der Waals surface area contributed by atoms with E-state index in [0.717, 1.165) is 11.1 Å². The predicted octanol–water partition coefficient (Wildman–Crippen LogP) is 2.16. The largest absolute Gasteiger partial charge is 0.473 e. The molecule has 0 saturated heterocycles. The SMILES string of the molecule is Cc1cnccc1CNc1ncnc(OC(C)C)c1N. The van der Waals surface area contributed by atoms with Crippen LogP contribution < -0.4 is 15.8 Å². The molecular weight excluding hydrogens is 254 g/mol. The average molecular weight is 273 g/mol. The van der Waals surface area contributed by atoms with Gasteiger partial charge in [-0.1, -0.05) is 0 Å². The normalized spacial score (nSPS) is 10.6. The van der Waals surface area contributed by atoms with Crippen LogP contribution in [0.2, 0.25) is 0 Å². The van der Waals surface area contributed by atoms with Crippen LogP contribution in [0.4, 0.5) is 11.5 Å². The number of hydrogen-bond acceptors (Lipinski definition) is 6. The van der Waals surface area contributed by atoms with Crippen molar-refractivity contribution in [2.24, 2.45) is 0 Å². The molecule has 0 unspecified atom stereocenters. The minimum absolute atomic E-state index is 0.0162. The van der Waals surface area contributed by atoms with E-state index in [1.165, 1.54) is 6.33 Å². The van der Waals surface area contributed by atoms with E-state index in [2.05, 4.69) is 20.3 Å². The minimum atomic E-state index is 0.0162. The molecule has 2 heterocycles. The lowest BCUT2D eigenvalue weighted by Crippen LogP contribution is -2.12. The number of aryl methyl sites for hydroxylation is 1. The van der Waals surface area contributed by atoms with E-state index in [0.29, 0.717) is 23.9 Å². The van der Waals surface area contributed by atoms with Gasteiger partial charge in [-0.05, 0) is 38.0 Å². The van der Waals surface area contributed by atoms with Crippen molar-refractivity contribution in [3.05, 3.63) is 35.9 Å². The Bertz CT molecular complexity index is 586. The molecular formula is C14H19N5O. The molecule has 2 aromatic heterocycles. The molecule has 6 heteroatoms. The number of nitrogens with one attached hydrogen (secondary N) is 1. The topological polar surface area (TPSA) is 86.0 Å². The summed E-state index contributed by atoms with van der Waals surface area (Å²) in [6, 6.07) is 1.96. The smallest absolute Gasteiger partial charge is 0.242 e. The maximum Gasteiger partial charge on any atom is 0.242 e. The third-order valence-corrected chi connectivity index (χ3v) is 2.78. The Kier molecular flexibility index (Phi) is 4.34. The van der Waals surface area contributed by atoms with Crippen LogP contribution in [0.5, 0.6) is 5.88 Å². The molecule has 0 atom stereocenters. The number of nitrogens with two attached hydrogens (primary N) is 1. The van der Waals surface area contributed by atoms with Crippen molar-refractivity contribution in [1.82, 2.24) is 15.0 Å². The molecule has 2 rings (SSSR count). The van der Waals surface area contributed by atoms with Gasteiger partial charge < -0.3 is 15.8 Å². The molecule has 0 fully saturated rings. The lowest BCUT2D eigenvalue weighted by molar-refractivity contribution is 0.234. The van der Waals surface area contributed by atoms with Crippen LogP contribution in [0, 0.1) is 6.92 Å². The summed E-state index contributed by atoms with van der Waals surface area (Å²) in [5.74, 6) is 0.982. The highest BCUT2D eigenvalue weighted by molar-refractivity contribution is 5.66. The van der Waals surface area contributed by atoms with E-state index < -0.39 is 0 Å². The van der Waals surface area contributed by atoms with E-state index in [1.54, 1.807) is 6.20 Å².